The van der Waals surface area contributed by atoms with Crippen LogP contribution in [-0.4, -0.2) is 17.4 Å². The third-order valence-electron chi connectivity index (χ3n) is 3.33. The van der Waals surface area contributed by atoms with Crippen molar-refractivity contribution in [1.82, 2.24) is 0 Å². The predicted molar refractivity (Wildman–Crippen MR) is 85.7 cm³/mol. The zero-order chi connectivity index (χ0) is 14.7. The monoisotopic (exact) mass is 267 g/mol. The number of benzene rings is 2. The smallest absolute Gasteiger partial charge is 0.132 e. The maximum absolute atomic E-state index is 10.5. The molecule has 0 aliphatic rings. The second-order valence-corrected chi connectivity index (χ2v) is 5.38. The van der Waals surface area contributed by atoms with Crippen LogP contribution in [0, 0.1) is 13.8 Å². The molecule has 20 heavy (non-hydrogen) atoms. The van der Waals surface area contributed by atoms with Gasteiger partial charge in [0.15, 0.2) is 0 Å². The van der Waals surface area contributed by atoms with Crippen LogP contribution >= 0.6 is 0 Å². The Balaban J connectivity index is 2.56. The number of aliphatic imine (C=N–C) groups is 1. The van der Waals surface area contributed by atoms with Gasteiger partial charge < -0.3 is 5.11 Å². The van der Waals surface area contributed by atoms with E-state index in [0.717, 1.165) is 16.7 Å². The zero-order valence-corrected chi connectivity index (χ0v) is 12.5. The molecule has 0 unspecified atom stereocenters. The third kappa shape index (κ3) is 2.90. The van der Waals surface area contributed by atoms with Crippen molar-refractivity contribution >= 4 is 6.21 Å². The van der Waals surface area contributed by atoms with Crippen LogP contribution in [-0.2, 0) is 0 Å². The summed E-state index contributed by atoms with van der Waals surface area (Å²) in [7, 11) is 0. The van der Waals surface area contributed by atoms with E-state index in [1.54, 1.807) is 6.21 Å². The van der Waals surface area contributed by atoms with Crippen molar-refractivity contribution < 1.29 is 5.11 Å². The number of nitrogens with zero attached hydrogens (tertiary/aromatic N) is 1. The molecule has 2 nitrogen and oxygen atoms in total. The summed E-state index contributed by atoms with van der Waals surface area (Å²) in [5, 5.41) is 10.5. The van der Waals surface area contributed by atoms with Crippen LogP contribution < -0.4 is 0 Å². The highest BCUT2D eigenvalue weighted by Gasteiger charge is 2.11. The van der Waals surface area contributed by atoms with E-state index in [4.69, 9.17) is 0 Å². The number of aromatic hydroxyl groups is 1. The van der Waals surface area contributed by atoms with E-state index in [0.29, 0.717) is 5.75 Å². The molecule has 0 saturated carbocycles. The molecule has 2 rings (SSSR count). The van der Waals surface area contributed by atoms with Crippen LogP contribution in [0.2, 0.25) is 0 Å². The molecule has 104 valence electrons. The molecular weight excluding hydrogens is 246 g/mol. The van der Waals surface area contributed by atoms with Gasteiger partial charge in [0.25, 0.3) is 0 Å². The van der Waals surface area contributed by atoms with E-state index in [2.05, 4.69) is 31.0 Å². The lowest BCUT2D eigenvalue weighted by Gasteiger charge is -2.13. The van der Waals surface area contributed by atoms with Crippen LogP contribution in [0.5, 0.6) is 5.75 Å². The first-order valence-electron chi connectivity index (χ1n) is 6.92. The van der Waals surface area contributed by atoms with Crippen molar-refractivity contribution in [3.05, 3.63) is 53.1 Å². The summed E-state index contributed by atoms with van der Waals surface area (Å²) in [5.41, 5.74) is 5.06. The van der Waals surface area contributed by atoms with Gasteiger partial charge in [0.05, 0.1) is 0 Å². The normalized spacial score (nSPS) is 11.4. The Kier molecular flexibility index (Phi) is 4.23. The molecule has 0 aromatic heterocycles. The Labute approximate surface area is 120 Å². The molecule has 2 aromatic rings. The van der Waals surface area contributed by atoms with Crippen molar-refractivity contribution in [1.29, 1.82) is 0 Å². The Bertz CT molecular complexity index is 622. The van der Waals surface area contributed by atoms with Gasteiger partial charge in [0, 0.05) is 23.4 Å². The summed E-state index contributed by atoms with van der Waals surface area (Å²) in [6, 6.07) is 12.2. The van der Waals surface area contributed by atoms with Crippen LogP contribution in [0.15, 0.2) is 41.4 Å². The Morgan fingerprint density at radius 1 is 1.00 bits per heavy atom. The van der Waals surface area contributed by atoms with Crippen molar-refractivity contribution in [2.24, 2.45) is 4.99 Å². The van der Waals surface area contributed by atoms with Gasteiger partial charge >= 0.3 is 0 Å². The van der Waals surface area contributed by atoms with E-state index in [-0.39, 0.29) is 6.04 Å². The SMILES string of the molecule is Cc1cccc(C)c1-c1cccc(C=NC(C)C)c1O. The van der Waals surface area contributed by atoms with Crippen molar-refractivity contribution in [2.45, 2.75) is 33.7 Å². The maximum Gasteiger partial charge on any atom is 0.132 e. The topological polar surface area (TPSA) is 32.6 Å². The van der Waals surface area contributed by atoms with Gasteiger partial charge in [-0.2, -0.15) is 0 Å². The summed E-state index contributed by atoms with van der Waals surface area (Å²) in [4.78, 5) is 4.35. The Morgan fingerprint density at radius 2 is 1.60 bits per heavy atom. The van der Waals surface area contributed by atoms with Gasteiger partial charge in [-0.25, -0.2) is 0 Å². The molecule has 0 amide bonds. The molecule has 1 N–H and O–H groups in total. The van der Waals surface area contributed by atoms with Gasteiger partial charge in [-0.3, -0.25) is 4.99 Å². The third-order valence-corrected chi connectivity index (χ3v) is 3.33. The molecule has 0 radical (unpaired) electrons. The summed E-state index contributed by atoms with van der Waals surface area (Å²) in [5.74, 6) is 0.300. The highest BCUT2D eigenvalue weighted by molar-refractivity contribution is 5.89. The summed E-state index contributed by atoms with van der Waals surface area (Å²) >= 11 is 0. The summed E-state index contributed by atoms with van der Waals surface area (Å²) in [6.45, 7) is 8.17. The van der Waals surface area contributed by atoms with Crippen LogP contribution in [0.25, 0.3) is 11.1 Å². The quantitative estimate of drug-likeness (QED) is 0.816. The van der Waals surface area contributed by atoms with Crippen molar-refractivity contribution in [2.75, 3.05) is 0 Å². The second-order valence-electron chi connectivity index (χ2n) is 5.38. The number of phenolic OH excluding ortho intramolecular Hbond substituents is 1. The van der Waals surface area contributed by atoms with E-state index < -0.39 is 0 Å². The second kappa shape index (κ2) is 5.91. The van der Waals surface area contributed by atoms with Crippen molar-refractivity contribution in [3.8, 4) is 16.9 Å². The molecular formula is C18H21NO. The molecule has 0 saturated heterocycles. The molecule has 0 atom stereocenters. The average molecular weight is 267 g/mol. The lowest BCUT2D eigenvalue weighted by Crippen LogP contribution is -1.94. The summed E-state index contributed by atoms with van der Waals surface area (Å²) in [6.07, 6.45) is 1.75. The van der Waals surface area contributed by atoms with E-state index >= 15 is 0 Å². The first kappa shape index (κ1) is 14.3. The largest absolute Gasteiger partial charge is 0.507 e. The average Bonchev–Trinajstić information content (AvgIpc) is 2.39. The molecule has 0 aliphatic heterocycles. The standard InChI is InChI=1S/C18H21NO/c1-12(2)19-11-15-9-6-10-16(18(15)20)17-13(3)7-5-8-14(17)4/h5-12,20H,1-4H3. The minimum atomic E-state index is 0.221. The summed E-state index contributed by atoms with van der Waals surface area (Å²) < 4.78 is 0. The minimum absolute atomic E-state index is 0.221. The molecule has 0 heterocycles. The Morgan fingerprint density at radius 3 is 2.20 bits per heavy atom. The first-order chi connectivity index (χ1) is 9.50. The van der Waals surface area contributed by atoms with Gasteiger partial charge in [0.1, 0.15) is 5.75 Å². The van der Waals surface area contributed by atoms with E-state index in [1.807, 2.05) is 38.1 Å². The van der Waals surface area contributed by atoms with Gasteiger partial charge in [-0.15, -0.1) is 0 Å². The highest BCUT2D eigenvalue weighted by Crippen LogP contribution is 2.35. The molecule has 0 bridgehead atoms. The number of phenols is 1. The fraction of sp³-hybridized carbons (Fsp3) is 0.278. The molecule has 0 spiro atoms. The number of para-hydroxylation sites is 1. The number of hydrogen-bond donors (Lipinski definition) is 1. The predicted octanol–water partition coefficient (Wildman–Crippen LogP) is 4.50. The molecule has 0 fully saturated rings. The van der Waals surface area contributed by atoms with Gasteiger partial charge in [0.2, 0.25) is 0 Å². The lowest BCUT2D eigenvalue weighted by molar-refractivity contribution is 0.476. The fourth-order valence-electron chi connectivity index (χ4n) is 2.34. The zero-order valence-electron chi connectivity index (χ0n) is 12.5. The van der Waals surface area contributed by atoms with Crippen LogP contribution in [0.1, 0.15) is 30.5 Å². The number of aryl methyl sites for hydroxylation is 2. The first-order valence-corrected chi connectivity index (χ1v) is 6.92. The minimum Gasteiger partial charge on any atom is -0.507 e. The Hall–Kier alpha value is -2.09. The van der Waals surface area contributed by atoms with Crippen LogP contribution in [0.4, 0.5) is 0 Å². The molecule has 0 aliphatic carbocycles. The van der Waals surface area contributed by atoms with E-state index in [1.165, 1.54) is 11.1 Å². The highest BCUT2D eigenvalue weighted by atomic mass is 16.3. The number of rotatable bonds is 3. The lowest BCUT2D eigenvalue weighted by atomic mass is 9.94. The molecule has 2 heteroatoms. The maximum atomic E-state index is 10.5. The van der Waals surface area contributed by atoms with Gasteiger partial charge in [-0.1, -0.05) is 30.3 Å². The van der Waals surface area contributed by atoms with Crippen molar-refractivity contribution in [3.63, 3.8) is 0 Å². The number of hydrogen-bond acceptors (Lipinski definition) is 2. The molecule has 2 aromatic carbocycles. The van der Waals surface area contributed by atoms with E-state index in [9.17, 15) is 5.11 Å². The fourth-order valence-corrected chi connectivity index (χ4v) is 2.34. The van der Waals surface area contributed by atoms with Gasteiger partial charge in [-0.05, 0) is 50.5 Å². The van der Waals surface area contributed by atoms with Crippen LogP contribution in [0.3, 0.4) is 0 Å².